The van der Waals surface area contributed by atoms with Gasteiger partial charge in [0.1, 0.15) is 5.82 Å². The van der Waals surface area contributed by atoms with Crippen molar-refractivity contribution in [2.45, 2.75) is 32.3 Å². The van der Waals surface area contributed by atoms with Crippen molar-refractivity contribution in [3.63, 3.8) is 0 Å². The largest absolute Gasteiger partial charge is 0.391 e. The quantitative estimate of drug-likeness (QED) is 0.367. The van der Waals surface area contributed by atoms with Crippen LogP contribution in [0, 0.1) is 5.41 Å². The van der Waals surface area contributed by atoms with Gasteiger partial charge in [-0.15, -0.1) is 0 Å². The van der Waals surface area contributed by atoms with Gasteiger partial charge in [-0.05, 0) is 55.7 Å². The van der Waals surface area contributed by atoms with Gasteiger partial charge < -0.3 is 20.6 Å². The predicted octanol–water partition coefficient (Wildman–Crippen LogP) is 4.45. The van der Waals surface area contributed by atoms with Gasteiger partial charge >= 0.3 is 0 Å². The number of hydrogen-bond acceptors (Lipinski definition) is 7. The molecule has 3 N–H and O–H groups in total. The summed E-state index contributed by atoms with van der Waals surface area (Å²) < 4.78 is 1.98. The van der Waals surface area contributed by atoms with Crippen LogP contribution >= 0.6 is 23.2 Å². The summed E-state index contributed by atoms with van der Waals surface area (Å²) >= 11 is 12.9. The van der Waals surface area contributed by atoms with Gasteiger partial charge in [-0.2, -0.15) is 9.97 Å². The number of nitrogens with zero attached hydrogens (tertiary/aromatic N) is 6. The summed E-state index contributed by atoms with van der Waals surface area (Å²) in [4.78, 5) is 31.4. The number of nitrogens with two attached hydrogens (primary N) is 1. The van der Waals surface area contributed by atoms with E-state index < -0.39 is 11.5 Å². The smallest absolute Gasteiger partial charge is 0.229 e. The number of aliphatic hydroxyl groups excluding tert-OH is 1. The Morgan fingerprint density at radius 3 is 2.36 bits per heavy atom. The number of amides is 1. The Labute approximate surface area is 236 Å². The van der Waals surface area contributed by atoms with Crippen LogP contribution in [0.5, 0.6) is 0 Å². The van der Waals surface area contributed by atoms with Crippen molar-refractivity contribution in [3.05, 3.63) is 58.6 Å². The fourth-order valence-electron chi connectivity index (χ4n) is 5.33. The molecule has 2 saturated heterocycles. The Bertz CT molecular complexity index is 1550. The van der Waals surface area contributed by atoms with Crippen molar-refractivity contribution >= 4 is 52.0 Å². The molecular formula is C28H29Cl2N7O2. The van der Waals surface area contributed by atoms with Gasteiger partial charge in [0.25, 0.3) is 0 Å². The molecule has 0 saturated carbocycles. The number of imidazole rings is 1. The van der Waals surface area contributed by atoms with Gasteiger partial charge in [-0.25, -0.2) is 4.98 Å². The maximum atomic E-state index is 12.1. The van der Waals surface area contributed by atoms with E-state index in [9.17, 15) is 9.90 Å². The molecule has 0 radical (unpaired) electrons. The maximum absolute atomic E-state index is 12.1. The molecule has 11 heteroatoms. The highest BCUT2D eigenvalue weighted by molar-refractivity contribution is 6.33. The Kier molecular flexibility index (Phi) is 6.61. The third-order valence-electron chi connectivity index (χ3n) is 7.88. The summed E-state index contributed by atoms with van der Waals surface area (Å²) in [7, 11) is 0. The van der Waals surface area contributed by atoms with Crippen LogP contribution in [-0.4, -0.2) is 62.8 Å². The van der Waals surface area contributed by atoms with Gasteiger partial charge in [0.05, 0.1) is 11.1 Å². The number of anilines is 2. The highest BCUT2D eigenvalue weighted by Crippen LogP contribution is 2.39. The number of halogens is 2. The van der Waals surface area contributed by atoms with E-state index in [1.165, 1.54) is 0 Å². The SMILES string of the molecule is CC1(C(N)=O)CCN(c2nc(N3CC[C@@H](O)C3)nc3c2nc(-c2ccccc2Cl)n3-c2ccc(Cl)cc2)CC1. The lowest BCUT2D eigenvalue weighted by atomic mass is 9.80. The molecule has 0 spiro atoms. The van der Waals surface area contributed by atoms with Crippen LogP contribution in [0.3, 0.4) is 0 Å². The number of aromatic nitrogens is 4. The topological polar surface area (TPSA) is 113 Å². The van der Waals surface area contributed by atoms with Crippen LogP contribution in [0.2, 0.25) is 10.0 Å². The molecule has 2 fully saturated rings. The van der Waals surface area contributed by atoms with E-state index in [-0.39, 0.29) is 5.91 Å². The van der Waals surface area contributed by atoms with E-state index in [0.717, 1.165) is 11.3 Å². The molecule has 0 aliphatic carbocycles. The zero-order valence-corrected chi connectivity index (χ0v) is 23.0. The average Bonchev–Trinajstić information content (AvgIpc) is 3.53. The molecule has 2 aromatic heterocycles. The second kappa shape index (κ2) is 9.97. The number of primary amides is 1. The Balaban J connectivity index is 1.58. The van der Waals surface area contributed by atoms with E-state index in [4.69, 9.17) is 43.9 Å². The van der Waals surface area contributed by atoms with Crippen molar-refractivity contribution in [2.75, 3.05) is 36.0 Å². The van der Waals surface area contributed by atoms with Crippen LogP contribution in [0.15, 0.2) is 48.5 Å². The van der Waals surface area contributed by atoms with E-state index >= 15 is 0 Å². The van der Waals surface area contributed by atoms with E-state index in [2.05, 4.69) is 4.90 Å². The molecule has 4 aromatic rings. The van der Waals surface area contributed by atoms with Crippen LogP contribution in [-0.2, 0) is 4.79 Å². The van der Waals surface area contributed by atoms with Crippen LogP contribution in [0.1, 0.15) is 26.2 Å². The molecule has 2 aliphatic rings. The van der Waals surface area contributed by atoms with Gasteiger partial charge in [-0.1, -0.05) is 42.3 Å². The molecular weight excluding hydrogens is 537 g/mol. The number of carbonyl (C=O) groups excluding carboxylic acids is 1. The molecule has 2 aliphatic heterocycles. The first kappa shape index (κ1) is 25.9. The maximum Gasteiger partial charge on any atom is 0.229 e. The monoisotopic (exact) mass is 565 g/mol. The normalized spacial score (nSPS) is 19.1. The number of aliphatic hydroxyl groups is 1. The zero-order chi connectivity index (χ0) is 27.3. The van der Waals surface area contributed by atoms with Crippen molar-refractivity contribution in [1.82, 2.24) is 19.5 Å². The third-order valence-corrected chi connectivity index (χ3v) is 8.47. The van der Waals surface area contributed by atoms with Crippen molar-refractivity contribution in [2.24, 2.45) is 11.1 Å². The summed E-state index contributed by atoms with van der Waals surface area (Å²) in [6, 6.07) is 15.1. The number of rotatable bonds is 5. The molecule has 6 rings (SSSR count). The van der Waals surface area contributed by atoms with Gasteiger partial charge in [0.2, 0.25) is 11.9 Å². The lowest BCUT2D eigenvalue weighted by Crippen LogP contribution is -2.45. The minimum Gasteiger partial charge on any atom is -0.391 e. The summed E-state index contributed by atoms with van der Waals surface area (Å²) in [5.41, 5.74) is 8.00. The number of hydrogen-bond donors (Lipinski definition) is 2. The molecule has 2 aromatic carbocycles. The van der Waals surface area contributed by atoms with Crippen LogP contribution < -0.4 is 15.5 Å². The molecule has 39 heavy (non-hydrogen) atoms. The fraction of sp³-hybridized carbons (Fsp3) is 0.357. The minimum absolute atomic E-state index is 0.283. The minimum atomic E-state index is -0.560. The van der Waals surface area contributed by atoms with Gasteiger partial charge in [0, 0.05) is 47.9 Å². The first-order valence-corrected chi connectivity index (χ1v) is 13.8. The second-order valence-corrected chi connectivity index (χ2v) is 11.4. The first-order chi connectivity index (χ1) is 18.7. The number of piperidine rings is 1. The van der Waals surface area contributed by atoms with Crippen LogP contribution in [0.25, 0.3) is 28.2 Å². The first-order valence-electron chi connectivity index (χ1n) is 13.0. The Hall–Kier alpha value is -3.40. The lowest BCUT2D eigenvalue weighted by molar-refractivity contribution is -0.127. The Morgan fingerprint density at radius 1 is 1.00 bits per heavy atom. The molecule has 0 bridgehead atoms. The van der Waals surface area contributed by atoms with Crippen molar-refractivity contribution in [3.8, 4) is 17.1 Å². The highest BCUT2D eigenvalue weighted by Gasteiger charge is 2.37. The number of carbonyl (C=O) groups is 1. The number of β-amino-alcohol motifs (C(OH)–C–C–N with tert-alkyl or cyclic N) is 1. The molecule has 0 unspecified atom stereocenters. The second-order valence-electron chi connectivity index (χ2n) is 10.5. The number of fused-ring (bicyclic) bond motifs is 1. The summed E-state index contributed by atoms with van der Waals surface area (Å²) in [5.74, 6) is 1.56. The van der Waals surface area contributed by atoms with Gasteiger partial charge in [-0.3, -0.25) is 9.36 Å². The van der Waals surface area contributed by atoms with Crippen molar-refractivity contribution in [1.29, 1.82) is 0 Å². The van der Waals surface area contributed by atoms with Crippen LogP contribution in [0.4, 0.5) is 11.8 Å². The standard InChI is InChI=1S/C28H29Cl2N7O2/c1-28(26(31)39)11-14-35(15-12-28)24-22-25(34-27(33-24)36-13-10-19(38)16-36)37(18-8-6-17(29)7-9-18)23(32-22)20-4-2-3-5-21(20)30/h2-9,19,38H,10-16H2,1H3,(H2,31,39)/t19-/m1/s1. The average molecular weight is 566 g/mol. The lowest BCUT2D eigenvalue weighted by Gasteiger charge is -2.38. The Morgan fingerprint density at radius 2 is 1.72 bits per heavy atom. The predicted molar refractivity (Wildman–Crippen MR) is 154 cm³/mol. The number of benzene rings is 2. The molecule has 9 nitrogen and oxygen atoms in total. The molecule has 1 amide bonds. The summed E-state index contributed by atoms with van der Waals surface area (Å²) in [6.07, 6.45) is 1.44. The van der Waals surface area contributed by atoms with Crippen molar-refractivity contribution < 1.29 is 9.90 Å². The fourth-order valence-corrected chi connectivity index (χ4v) is 5.68. The van der Waals surface area contributed by atoms with E-state index in [0.29, 0.717) is 84.2 Å². The summed E-state index contributed by atoms with van der Waals surface area (Å²) in [5, 5.41) is 11.4. The van der Waals surface area contributed by atoms with E-state index in [1.54, 1.807) is 0 Å². The van der Waals surface area contributed by atoms with E-state index in [1.807, 2.05) is 64.9 Å². The third kappa shape index (κ3) is 4.68. The highest BCUT2D eigenvalue weighted by atomic mass is 35.5. The molecule has 1 atom stereocenters. The summed E-state index contributed by atoms with van der Waals surface area (Å²) in [6.45, 7) is 4.23. The van der Waals surface area contributed by atoms with Gasteiger partial charge in [0.15, 0.2) is 17.0 Å². The molecule has 202 valence electrons. The molecule has 4 heterocycles. The zero-order valence-electron chi connectivity index (χ0n) is 21.5.